The molecule has 0 saturated heterocycles. The molecule has 0 unspecified atom stereocenters. The van der Waals surface area contributed by atoms with Crippen molar-refractivity contribution in [3.63, 3.8) is 0 Å². The maximum absolute atomic E-state index is 14.1. The fourth-order valence-corrected chi connectivity index (χ4v) is 3.17. The van der Waals surface area contributed by atoms with Crippen LogP contribution in [-0.2, 0) is 20.1 Å². The van der Waals surface area contributed by atoms with Gasteiger partial charge in [0.05, 0.1) is 13.1 Å². The summed E-state index contributed by atoms with van der Waals surface area (Å²) in [7, 11) is 1.63. The van der Waals surface area contributed by atoms with Crippen molar-refractivity contribution in [2.75, 3.05) is 5.75 Å². The molecule has 1 aromatic carbocycles. The molecule has 0 amide bonds. The Hall–Kier alpha value is -2.89. The highest BCUT2D eigenvalue weighted by Gasteiger charge is 2.18. The van der Waals surface area contributed by atoms with E-state index in [1.165, 1.54) is 11.0 Å². The molecule has 2 aromatic heterocycles. The average Bonchev–Trinajstić information content (AvgIpc) is 3.04. The molecule has 0 saturated carbocycles. The third-order valence-electron chi connectivity index (χ3n) is 3.75. The summed E-state index contributed by atoms with van der Waals surface area (Å²) in [4.78, 5) is 33.0. The highest BCUT2D eigenvalue weighted by Crippen LogP contribution is 2.17. The maximum atomic E-state index is 14.1. The van der Waals surface area contributed by atoms with Crippen LogP contribution in [0.15, 0.2) is 33.2 Å². The number of nitrogens with zero attached hydrogens (tertiary/aromatic N) is 6. The molecule has 0 aliphatic heterocycles. The normalized spacial score (nSPS) is 11.2. The van der Waals surface area contributed by atoms with Gasteiger partial charge in [0.15, 0.2) is 22.6 Å². The van der Waals surface area contributed by atoms with Crippen molar-refractivity contribution in [1.82, 2.24) is 28.9 Å². The van der Waals surface area contributed by atoms with Crippen molar-refractivity contribution < 1.29 is 13.2 Å². The number of rotatable bonds is 6. The van der Waals surface area contributed by atoms with Gasteiger partial charge in [0.25, 0.3) is 0 Å². The van der Waals surface area contributed by atoms with Crippen LogP contribution in [0.3, 0.4) is 0 Å². The Morgan fingerprint density at radius 1 is 1.04 bits per heavy atom. The van der Waals surface area contributed by atoms with Gasteiger partial charge in [-0.3, -0.25) is 9.25 Å². The Morgan fingerprint density at radius 2 is 1.75 bits per heavy atom. The van der Waals surface area contributed by atoms with Crippen LogP contribution < -0.4 is 11.4 Å². The highest BCUT2D eigenvalue weighted by molar-refractivity contribution is 7.99. The summed E-state index contributed by atoms with van der Waals surface area (Å²) in [5.41, 5.74) is -1.84. The summed E-state index contributed by atoms with van der Waals surface area (Å²) in [6.45, 7) is 1.12. The third-order valence-corrected chi connectivity index (χ3v) is 4.61. The minimum Gasteiger partial charge on any atom is -0.268 e. The summed E-state index contributed by atoms with van der Waals surface area (Å²) in [5.74, 6) is -2.89. The number of thioether (sulfide) groups is 1. The zero-order chi connectivity index (χ0) is 20.4. The Kier molecular flexibility index (Phi) is 5.68. The molecule has 0 radical (unpaired) electrons. The van der Waals surface area contributed by atoms with Gasteiger partial charge in [-0.1, -0.05) is 18.7 Å². The first-order valence-electron chi connectivity index (χ1n) is 8.12. The van der Waals surface area contributed by atoms with Gasteiger partial charge in [0.1, 0.15) is 12.1 Å². The van der Waals surface area contributed by atoms with E-state index in [9.17, 15) is 22.8 Å². The molecule has 0 N–H and O–H groups in total. The summed E-state index contributed by atoms with van der Waals surface area (Å²) in [5, 5.41) is 4.06. The van der Waals surface area contributed by atoms with Crippen LogP contribution in [0.1, 0.15) is 18.3 Å². The van der Waals surface area contributed by atoms with E-state index in [0.29, 0.717) is 17.9 Å². The Morgan fingerprint density at radius 3 is 2.39 bits per heavy atom. The van der Waals surface area contributed by atoms with Gasteiger partial charge >= 0.3 is 11.4 Å². The quantitative estimate of drug-likeness (QED) is 0.446. The van der Waals surface area contributed by atoms with Crippen molar-refractivity contribution in [2.24, 2.45) is 7.05 Å². The van der Waals surface area contributed by atoms with E-state index < -0.39 is 35.4 Å². The summed E-state index contributed by atoms with van der Waals surface area (Å²) < 4.78 is 44.0. The van der Waals surface area contributed by atoms with Crippen LogP contribution in [0, 0.1) is 17.5 Å². The first-order valence-corrected chi connectivity index (χ1v) is 9.11. The number of hydrogen-bond donors (Lipinski definition) is 0. The lowest BCUT2D eigenvalue weighted by Crippen LogP contribution is -2.43. The molecule has 0 spiro atoms. The van der Waals surface area contributed by atoms with E-state index >= 15 is 0 Å². The van der Waals surface area contributed by atoms with E-state index in [1.54, 1.807) is 14.0 Å². The van der Waals surface area contributed by atoms with Crippen LogP contribution in [0.25, 0.3) is 0 Å². The Labute approximate surface area is 160 Å². The van der Waals surface area contributed by atoms with E-state index in [2.05, 4.69) is 15.1 Å². The standard InChI is InChI=1S/C16H15F3N6O2S/c1-3-28-15-21-14(26)24(7-13-20-8-23(2)22-13)16(27)25(15)6-9-4-11(18)12(19)5-10(9)17/h4-5,8H,3,6-7H2,1-2H3. The predicted molar refractivity (Wildman–Crippen MR) is 94.7 cm³/mol. The van der Waals surface area contributed by atoms with Crippen molar-refractivity contribution >= 4 is 11.8 Å². The van der Waals surface area contributed by atoms with Gasteiger partial charge in [0, 0.05) is 18.7 Å². The topological polar surface area (TPSA) is 87.6 Å². The smallest absolute Gasteiger partial charge is 0.268 e. The van der Waals surface area contributed by atoms with Gasteiger partial charge in [-0.05, 0) is 11.8 Å². The molecule has 3 aromatic rings. The van der Waals surface area contributed by atoms with Crippen molar-refractivity contribution in [1.29, 1.82) is 0 Å². The zero-order valence-electron chi connectivity index (χ0n) is 14.9. The lowest BCUT2D eigenvalue weighted by molar-refractivity contribution is 0.476. The molecule has 12 heteroatoms. The number of halogens is 3. The summed E-state index contributed by atoms with van der Waals surface area (Å²) in [6.07, 6.45) is 1.41. The van der Waals surface area contributed by atoms with Gasteiger partial charge in [0.2, 0.25) is 0 Å². The van der Waals surface area contributed by atoms with Crippen LogP contribution in [0.4, 0.5) is 13.2 Å². The Bertz CT molecular complexity index is 1140. The lowest BCUT2D eigenvalue weighted by atomic mass is 10.2. The molecule has 0 fully saturated rings. The highest BCUT2D eigenvalue weighted by atomic mass is 32.2. The van der Waals surface area contributed by atoms with E-state index in [-0.39, 0.29) is 23.1 Å². The molecule has 3 rings (SSSR count). The molecule has 0 aliphatic carbocycles. The zero-order valence-corrected chi connectivity index (χ0v) is 15.7. The second-order valence-corrected chi connectivity index (χ2v) is 6.99. The second kappa shape index (κ2) is 8.00. The minimum absolute atomic E-state index is 0.0480. The molecular weight excluding hydrogens is 397 g/mol. The summed E-state index contributed by atoms with van der Waals surface area (Å²) >= 11 is 1.09. The number of hydrogen-bond acceptors (Lipinski definition) is 6. The van der Waals surface area contributed by atoms with Crippen LogP contribution in [0.2, 0.25) is 0 Å². The molecule has 2 heterocycles. The molecule has 148 valence electrons. The van der Waals surface area contributed by atoms with Crippen molar-refractivity contribution in [3.05, 3.63) is 68.3 Å². The fourth-order valence-electron chi connectivity index (χ4n) is 2.47. The first-order chi connectivity index (χ1) is 13.3. The van der Waals surface area contributed by atoms with Crippen molar-refractivity contribution in [3.8, 4) is 0 Å². The van der Waals surface area contributed by atoms with Crippen molar-refractivity contribution in [2.45, 2.75) is 25.2 Å². The summed E-state index contributed by atoms with van der Waals surface area (Å²) in [6, 6.07) is 1.08. The maximum Gasteiger partial charge on any atom is 0.354 e. The molecule has 0 aliphatic rings. The van der Waals surface area contributed by atoms with Crippen LogP contribution in [-0.4, -0.2) is 34.6 Å². The van der Waals surface area contributed by atoms with Gasteiger partial charge in [-0.15, -0.1) is 0 Å². The molecule has 0 bridgehead atoms. The number of aryl methyl sites for hydroxylation is 1. The van der Waals surface area contributed by atoms with Gasteiger partial charge < -0.3 is 0 Å². The monoisotopic (exact) mass is 412 g/mol. The molecule has 8 nitrogen and oxygen atoms in total. The van der Waals surface area contributed by atoms with E-state index in [0.717, 1.165) is 20.9 Å². The molecule has 28 heavy (non-hydrogen) atoms. The molecular formula is C16H15F3N6O2S. The fraction of sp³-hybridized carbons (Fsp3) is 0.312. The predicted octanol–water partition coefficient (Wildman–Crippen LogP) is 1.16. The number of aromatic nitrogens is 6. The third kappa shape index (κ3) is 4.01. The Balaban J connectivity index is 2.10. The van der Waals surface area contributed by atoms with Crippen LogP contribution >= 0.6 is 11.8 Å². The first kappa shape index (κ1) is 19.9. The average molecular weight is 412 g/mol. The van der Waals surface area contributed by atoms with Crippen LogP contribution in [0.5, 0.6) is 0 Å². The second-order valence-electron chi connectivity index (χ2n) is 5.76. The largest absolute Gasteiger partial charge is 0.354 e. The number of benzene rings is 1. The lowest BCUT2D eigenvalue weighted by Gasteiger charge is -2.13. The van der Waals surface area contributed by atoms with E-state index in [4.69, 9.17) is 0 Å². The van der Waals surface area contributed by atoms with E-state index in [1.807, 2.05) is 0 Å². The van der Waals surface area contributed by atoms with Gasteiger partial charge in [-0.2, -0.15) is 10.1 Å². The van der Waals surface area contributed by atoms with Gasteiger partial charge in [-0.25, -0.2) is 32.3 Å². The molecule has 0 atom stereocenters. The minimum atomic E-state index is -1.33. The SMILES string of the molecule is CCSc1nc(=O)n(Cc2ncn(C)n2)c(=O)n1Cc1cc(F)c(F)cc1F.